The fraction of sp³-hybridized carbons (Fsp3) is 0.364. The highest BCUT2D eigenvalue weighted by Gasteiger charge is 2.15. The Bertz CT molecular complexity index is 445. The largest absolute Gasteiger partial charge is 0.481 e. The monoisotopic (exact) mass is 238 g/mol. The number of rotatable bonds is 5. The Kier molecular flexibility index (Phi) is 4.03. The Morgan fingerprint density at radius 2 is 2.18 bits per heavy atom. The SMILES string of the molecule is Cc1c(N(C)CCC(=O)O)cccc1[N+](=O)[O-]. The van der Waals surface area contributed by atoms with Crippen molar-refractivity contribution in [3.63, 3.8) is 0 Å². The molecule has 92 valence electrons. The van der Waals surface area contributed by atoms with Crippen LogP contribution in [0.1, 0.15) is 12.0 Å². The number of nitro groups is 1. The van der Waals surface area contributed by atoms with E-state index in [0.717, 1.165) is 0 Å². The molecule has 0 heterocycles. The second kappa shape index (κ2) is 5.29. The first kappa shape index (κ1) is 13.0. The van der Waals surface area contributed by atoms with Crippen molar-refractivity contribution < 1.29 is 14.8 Å². The van der Waals surface area contributed by atoms with Crippen molar-refractivity contribution >= 4 is 17.3 Å². The molecule has 6 nitrogen and oxygen atoms in total. The van der Waals surface area contributed by atoms with Crippen LogP contribution in [0, 0.1) is 17.0 Å². The summed E-state index contributed by atoms with van der Waals surface area (Å²) in [5.74, 6) is -0.889. The number of carbonyl (C=O) groups is 1. The summed E-state index contributed by atoms with van der Waals surface area (Å²) in [6.45, 7) is 1.97. The molecule has 0 spiro atoms. The zero-order valence-corrected chi connectivity index (χ0v) is 9.71. The van der Waals surface area contributed by atoms with Gasteiger partial charge in [0.05, 0.1) is 11.3 Å². The Hall–Kier alpha value is -2.11. The molecule has 0 aromatic heterocycles. The second-order valence-electron chi connectivity index (χ2n) is 3.74. The molecule has 0 aliphatic heterocycles. The molecule has 0 saturated carbocycles. The number of nitrogens with zero attached hydrogens (tertiary/aromatic N) is 2. The Labute approximate surface area is 98.6 Å². The number of hydrogen-bond donors (Lipinski definition) is 1. The maximum atomic E-state index is 10.8. The van der Waals surface area contributed by atoms with E-state index in [1.54, 1.807) is 31.0 Å². The normalized spacial score (nSPS) is 10.0. The van der Waals surface area contributed by atoms with Crippen LogP contribution in [0.25, 0.3) is 0 Å². The third-order valence-electron chi connectivity index (χ3n) is 2.55. The van der Waals surface area contributed by atoms with Crippen molar-refractivity contribution in [3.8, 4) is 0 Å². The summed E-state index contributed by atoms with van der Waals surface area (Å²) in [7, 11) is 1.72. The standard InChI is InChI=1S/C11H14N2O4/c1-8-9(12(2)7-6-11(14)15)4-3-5-10(8)13(16)17/h3-5H,6-7H2,1-2H3,(H,14,15). The number of hydrogen-bond acceptors (Lipinski definition) is 4. The van der Waals surface area contributed by atoms with Gasteiger partial charge in [0.2, 0.25) is 0 Å². The number of carboxylic acids is 1. The van der Waals surface area contributed by atoms with Gasteiger partial charge in [-0.25, -0.2) is 0 Å². The zero-order valence-electron chi connectivity index (χ0n) is 9.71. The van der Waals surface area contributed by atoms with E-state index in [9.17, 15) is 14.9 Å². The van der Waals surface area contributed by atoms with Crippen LogP contribution < -0.4 is 4.90 Å². The number of anilines is 1. The van der Waals surface area contributed by atoms with E-state index in [4.69, 9.17) is 5.11 Å². The summed E-state index contributed by atoms with van der Waals surface area (Å²) in [4.78, 5) is 22.5. The summed E-state index contributed by atoms with van der Waals surface area (Å²) >= 11 is 0. The highest BCUT2D eigenvalue weighted by Crippen LogP contribution is 2.27. The lowest BCUT2D eigenvalue weighted by Crippen LogP contribution is -2.21. The number of aliphatic carboxylic acids is 1. The van der Waals surface area contributed by atoms with Crippen molar-refractivity contribution in [1.82, 2.24) is 0 Å². The lowest BCUT2D eigenvalue weighted by molar-refractivity contribution is -0.385. The molecule has 0 unspecified atom stereocenters. The molecule has 1 aromatic rings. The molecule has 0 saturated heterocycles. The average molecular weight is 238 g/mol. The topological polar surface area (TPSA) is 83.7 Å². The molecule has 17 heavy (non-hydrogen) atoms. The Morgan fingerprint density at radius 1 is 1.53 bits per heavy atom. The van der Waals surface area contributed by atoms with Crippen LogP contribution >= 0.6 is 0 Å². The predicted octanol–water partition coefficient (Wildman–Crippen LogP) is 1.81. The van der Waals surface area contributed by atoms with E-state index < -0.39 is 10.9 Å². The smallest absolute Gasteiger partial charge is 0.305 e. The van der Waals surface area contributed by atoms with Gasteiger partial charge in [0.25, 0.3) is 5.69 Å². The fourth-order valence-electron chi connectivity index (χ4n) is 1.61. The molecular weight excluding hydrogens is 224 g/mol. The third kappa shape index (κ3) is 3.17. The molecule has 6 heteroatoms. The van der Waals surface area contributed by atoms with Gasteiger partial charge >= 0.3 is 5.97 Å². The van der Waals surface area contributed by atoms with Crippen molar-refractivity contribution in [3.05, 3.63) is 33.9 Å². The number of carboxylic acid groups (broad SMARTS) is 1. The van der Waals surface area contributed by atoms with E-state index in [2.05, 4.69) is 0 Å². The van der Waals surface area contributed by atoms with Gasteiger partial charge in [-0.05, 0) is 13.0 Å². The molecule has 0 atom stereocenters. The first-order valence-corrected chi connectivity index (χ1v) is 5.10. The van der Waals surface area contributed by atoms with Crippen molar-refractivity contribution in [1.29, 1.82) is 0 Å². The van der Waals surface area contributed by atoms with Gasteiger partial charge < -0.3 is 10.0 Å². The van der Waals surface area contributed by atoms with E-state index in [1.807, 2.05) is 0 Å². The highest BCUT2D eigenvalue weighted by atomic mass is 16.6. The number of nitro benzene ring substituents is 1. The van der Waals surface area contributed by atoms with E-state index >= 15 is 0 Å². The fourth-order valence-corrected chi connectivity index (χ4v) is 1.61. The molecular formula is C11H14N2O4. The quantitative estimate of drug-likeness (QED) is 0.624. The molecule has 1 N–H and O–H groups in total. The van der Waals surface area contributed by atoms with Crippen LogP contribution in [-0.4, -0.2) is 29.6 Å². The molecule has 0 fully saturated rings. The Morgan fingerprint density at radius 3 is 2.71 bits per heavy atom. The highest BCUT2D eigenvalue weighted by molar-refractivity contribution is 5.68. The molecule has 0 bridgehead atoms. The maximum absolute atomic E-state index is 10.8. The van der Waals surface area contributed by atoms with Crippen LogP contribution in [0.2, 0.25) is 0 Å². The van der Waals surface area contributed by atoms with Crippen LogP contribution in [0.4, 0.5) is 11.4 Å². The minimum Gasteiger partial charge on any atom is -0.481 e. The van der Waals surface area contributed by atoms with E-state index in [-0.39, 0.29) is 12.1 Å². The zero-order chi connectivity index (χ0) is 13.0. The minimum absolute atomic E-state index is 0.00136. The average Bonchev–Trinajstić information content (AvgIpc) is 2.25. The maximum Gasteiger partial charge on any atom is 0.305 e. The minimum atomic E-state index is -0.889. The van der Waals surface area contributed by atoms with Crippen molar-refractivity contribution in [2.75, 3.05) is 18.5 Å². The van der Waals surface area contributed by atoms with Gasteiger partial charge in [-0.3, -0.25) is 14.9 Å². The van der Waals surface area contributed by atoms with Crippen LogP contribution in [0.15, 0.2) is 18.2 Å². The van der Waals surface area contributed by atoms with Gasteiger partial charge in [-0.1, -0.05) is 6.07 Å². The lowest BCUT2D eigenvalue weighted by Gasteiger charge is -2.20. The summed E-state index contributed by atoms with van der Waals surface area (Å²) in [5, 5.41) is 19.3. The molecule has 0 aliphatic rings. The summed E-state index contributed by atoms with van der Waals surface area (Å²) in [6, 6.07) is 4.77. The number of benzene rings is 1. The molecule has 0 radical (unpaired) electrons. The van der Waals surface area contributed by atoms with Crippen LogP contribution in [0.3, 0.4) is 0 Å². The van der Waals surface area contributed by atoms with Gasteiger partial charge in [0, 0.05) is 30.9 Å². The van der Waals surface area contributed by atoms with Crippen molar-refractivity contribution in [2.24, 2.45) is 0 Å². The molecule has 0 aliphatic carbocycles. The van der Waals surface area contributed by atoms with Crippen LogP contribution in [0.5, 0.6) is 0 Å². The molecule has 0 amide bonds. The van der Waals surface area contributed by atoms with Gasteiger partial charge in [-0.2, -0.15) is 0 Å². The van der Waals surface area contributed by atoms with E-state index in [1.165, 1.54) is 6.07 Å². The first-order valence-electron chi connectivity index (χ1n) is 5.10. The van der Waals surface area contributed by atoms with Gasteiger partial charge in [0.1, 0.15) is 0 Å². The van der Waals surface area contributed by atoms with Gasteiger partial charge in [-0.15, -0.1) is 0 Å². The molecule has 1 rings (SSSR count). The first-order chi connectivity index (χ1) is 7.93. The second-order valence-corrected chi connectivity index (χ2v) is 3.74. The summed E-state index contributed by atoms with van der Waals surface area (Å²) in [5.41, 5.74) is 1.27. The predicted molar refractivity (Wildman–Crippen MR) is 63.4 cm³/mol. The Balaban J connectivity index is 2.94. The summed E-state index contributed by atoms with van der Waals surface area (Å²) < 4.78 is 0. The van der Waals surface area contributed by atoms with Gasteiger partial charge in [0.15, 0.2) is 0 Å². The molecule has 1 aromatic carbocycles. The lowest BCUT2D eigenvalue weighted by atomic mass is 10.1. The summed E-state index contributed by atoms with van der Waals surface area (Å²) in [6.07, 6.45) is -0.00136. The third-order valence-corrected chi connectivity index (χ3v) is 2.55. The van der Waals surface area contributed by atoms with Crippen LogP contribution in [-0.2, 0) is 4.79 Å². The van der Waals surface area contributed by atoms with E-state index in [0.29, 0.717) is 17.8 Å². The van der Waals surface area contributed by atoms with Crippen molar-refractivity contribution in [2.45, 2.75) is 13.3 Å².